The Kier molecular flexibility index (Phi) is 10.0. The van der Waals surface area contributed by atoms with Crippen LogP contribution in [0.4, 0.5) is 5.69 Å². The normalized spacial score (nSPS) is 15.5. The van der Waals surface area contributed by atoms with Crippen molar-refractivity contribution in [2.75, 3.05) is 11.9 Å². The number of benzene rings is 3. The maximum atomic E-state index is 12.4. The summed E-state index contributed by atoms with van der Waals surface area (Å²) in [7, 11) is 0. The zero-order chi connectivity index (χ0) is 27.4. The number of halogens is 2. The third kappa shape index (κ3) is 8.19. The molecule has 7 nitrogen and oxygen atoms in total. The van der Waals surface area contributed by atoms with Gasteiger partial charge in [0.1, 0.15) is 11.5 Å². The zero-order valence-electron chi connectivity index (χ0n) is 22.2. The van der Waals surface area contributed by atoms with Gasteiger partial charge in [-0.25, -0.2) is 4.79 Å². The molecular formula is C30H34Cl2N2O5. The van der Waals surface area contributed by atoms with E-state index < -0.39 is 17.5 Å². The van der Waals surface area contributed by atoms with E-state index in [-0.39, 0.29) is 29.9 Å². The number of fused-ring (bicyclic) bond motifs is 1. The van der Waals surface area contributed by atoms with Crippen molar-refractivity contribution < 1.29 is 24.5 Å². The molecule has 0 heterocycles. The van der Waals surface area contributed by atoms with E-state index in [1.165, 1.54) is 17.7 Å². The lowest BCUT2D eigenvalue weighted by Crippen LogP contribution is -2.37. The predicted octanol–water partition coefficient (Wildman–Crippen LogP) is 6.42. The Bertz CT molecular complexity index is 1340. The maximum Gasteiger partial charge on any atom is 0.335 e. The number of ether oxygens (including phenoxy) is 1. The van der Waals surface area contributed by atoms with Crippen LogP contribution in [0.5, 0.6) is 11.5 Å². The number of rotatable bonds is 8. The third-order valence-corrected chi connectivity index (χ3v) is 6.80. The minimum Gasteiger partial charge on any atom is -0.478 e. The molecule has 0 bridgehead atoms. The average molecular weight is 574 g/mol. The number of hydrogen-bond acceptors (Lipinski definition) is 5. The molecule has 9 heteroatoms. The number of aliphatic hydroxyl groups excluding tert-OH is 1. The minimum atomic E-state index is -1.11. The van der Waals surface area contributed by atoms with Crippen LogP contribution < -0.4 is 15.4 Å². The Morgan fingerprint density at radius 1 is 1.05 bits per heavy atom. The molecule has 2 atom stereocenters. The van der Waals surface area contributed by atoms with Crippen LogP contribution in [-0.2, 0) is 17.6 Å². The standard InChI is InChI=1S/C30H33ClN2O5.ClH/c1-30(2,3)29(37)33-24-13-21(28(35)36)15-26(16-24)38-25-10-8-18-7-9-23(12-20(18)14-25)32-17-27(34)19-5-4-6-22(31)11-19;/h4-6,8,10-11,13-16,23,27,32,34H,7,9,12,17H2,1-3H3,(H,33,37)(H,35,36);1H/t23-,27-;/m0./s1. The SMILES string of the molecule is CC(C)(C)C(=O)Nc1cc(Oc2ccc3c(c2)C[C@@H](NC[C@H](O)c2cccc(Cl)c2)CC3)cc(C(=O)O)c1.Cl. The number of hydrogen-bond donors (Lipinski definition) is 4. The molecule has 0 saturated heterocycles. The quantitative estimate of drug-likeness (QED) is 0.248. The number of amides is 1. The maximum absolute atomic E-state index is 12.4. The van der Waals surface area contributed by atoms with Crippen LogP contribution in [0.15, 0.2) is 60.7 Å². The number of carboxylic acid groups (broad SMARTS) is 1. The van der Waals surface area contributed by atoms with E-state index in [2.05, 4.69) is 10.6 Å². The highest BCUT2D eigenvalue weighted by molar-refractivity contribution is 6.30. The van der Waals surface area contributed by atoms with E-state index in [0.29, 0.717) is 28.8 Å². The largest absolute Gasteiger partial charge is 0.478 e. The van der Waals surface area contributed by atoms with Crippen LogP contribution in [0, 0.1) is 5.41 Å². The van der Waals surface area contributed by atoms with Gasteiger partial charge in [-0.05, 0) is 72.4 Å². The fraction of sp³-hybridized carbons (Fsp3) is 0.333. The van der Waals surface area contributed by atoms with Gasteiger partial charge in [0.2, 0.25) is 5.91 Å². The van der Waals surface area contributed by atoms with Crippen molar-refractivity contribution in [1.82, 2.24) is 5.32 Å². The lowest BCUT2D eigenvalue weighted by atomic mass is 9.88. The summed E-state index contributed by atoms with van der Waals surface area (Å²) in [6, 6.07) is 17.8. The summed E-state index contributed by atoms with van der Waals surface area (Å²) in [6.07, 6.45) is 1.97. The summed E-state index contributed by atoms with van der Waals surface area (Å²) < 4.78 is 6.06. The Morgan fingerprint density at radius 3 is 2.51 bits per heavy atom. The van der Waals surface area contributed by atoms with E-state index in [0.717, 1.165) is 30.4 Å². The van der Waals surface area contributed by atoms with Crippen LogP contribution in [0.1, 0.15) is 60.3 Å². The average Bonchev–Trinajstić information content (AvgIpc) is 2.86. The van der Waals surface area contributed by atoms with Crippen LogP contribution in [0.2, 0.25) is 5.02 Å². The summed E-state index contributed by atoms with van der Waals surface area (Å²) in [5.74, 6) is -0.428. The lowest BCUT2D eigenvalue weighted by Gasteiger charge is -2.27. The van der Waals surface area contributed by atoms with Gasteiger partial charge >= 0.3 is 5.97 Å². The molecule has 0 aromatic heterocycles. The van der Waals surface area contributed by atoms with Crippen LogP contribution in [0.25, 0.3) is 0 Å². The van der Waals surface area contributed by atoms with E-state index in [1.807, 2.05) is 30.3 Å². The molecule has 208 valence electrons. The smallest absolute Gasteiger partial charge is 0.335 e. The topological polar surface area (TPSA) is 108 Å². The molecular weight excluding hydrogens is 539 g/mol. The molecule has 4 N–H and O–H groups in total. The first kappa shape index (κ1) is 30.4. The second-order valence-electron chi connectivity index (χ2n) is 10.7. The van der Waals surface area contributed by atoms with Gasteiger partial charge in [-0.3, -0.25) is 4.79 Å². The van der Waals surface area contributed by atoms with E-state index in [9.17, 15) is 19.8 Å². The Hall–Kier alpha value is -3.10. The molecule has 0 spiro atoms. The molecule has 1 aliphatic rings. The molecule has 0 saturated carbocycles. The Morgan fingerprint density at radius 2 is 1.82 bits per heavy atom. The van der Waals surface area contributed by atoms with Crippen molar-refractivity contribution in [1.29, 1.82) is 0 Å². The number of aryl methyl sites for hydroxylation is 1. The van der Waals surface area contributed by atoms with Gasteiger partial charge in [0.15, 0.2) is 0 Å². The molecule has 0 radical (unpaired) electrons. The Labute approximate surface area is 240 Å². The zero-order valence-corrected chi connectivity index (χ0v) is 23.7. The molecule has 0 aliphatic heterocycles. The second kappa shape index (κ2) is 12.8. The number of anilines is 1. The van der Waals surface area contributed by atoms with Gasteiger partial charge in [0, 0.05) is 34.8 Å². The van der Waals surface area contributed by atoms with Crippen molar-refractivity contribution in [2.24, 2.45) is 5.41 Å². The molecule has 3 aromatic rings. The first-order valence-corrected chi connectivity index (χ1v) is 13.0. The van der Waals surface area contributed by atoms with Gasteiger partial charge in [-0.2, -0.15) is 0 Å². The summed E-state index contributed by atoms with van der Waals surface area (Å²) >= 11 is 6.05. The lowest BCUT2D eigenvalue weighted by molar-refractivity contribution is -0.123. The highest BCUT2D eigenvalue weighted by atomic mass is 35.5. The molecule has 39 heavy (non-hydrogen) atoms. The Balaban J connectivity index is 0.00000420. The van der Waals surface area contributed by atoms with Gasteiger partial charge in [0.05, 0.1) is 11.7 Å². The van der Waals surface area contributed by atoms with Crippen molar-refractivity contribution in [3.05, 3.63) is 87.9 Å². The highest BCUT2D eigenvalue weighted by Crippen LogP contribution is 2.31. The number of nitrogens with one attached hydrogen (secondary N) is 2. The molecule has 0 unspecified atom stereocenters. The van der Waals surface area contributed by atoms with Crippen molar-refractivity contribution >= 4 is 41.6 Å². The molecule has 0 fully saturated rings. The number of aromatic carboxylic acids is 1. The fourth-order valence-corrected chi connectivity index (χ4v) is 4.59. The first-order valence-electron chi connectivity index (χ1n) is 12.6. The van der Waals surface area contributed by atoms with Crippen LogP contribution in [0.3, 0.4) is 0 Å². The number of aliphatic hydroxyl groups is 1. The van der Waals surface area contributed by atoms with Crippen molar-refractivity contribution in [2.45, 2.75) is 52.2 Å². The summed E-state index contributed by atoms with van der Waals surface area (Å²) in [5.41, 5.74) is 2.90. The van der Waals surface area contributed by atoms with E-state index >= 15 is 0 Å². The van der Waals surface area contributed by atoms with Gasteiger partial charge < -0.3 is 25.6 Å². The summed E-state index contributed by atoms with van der Waals surface area (Å²) in [5, 5.41) is 27.0. The molecule has 1 amide bonds. The highest BCUT2D eigenvalue weighted by Gasteiger charge is 2.23. The molecule has 1 aliphatic carbocycles. The summed E-state index contributed by atoms with van der Waals surface area (Å²) in [6.45, 7) is 5.78. The van der Waals surface area contributed by atoms with Crippen molar-refractivity contribution in [3.63, 3.8) is 0 Å². The van der Waals surface area contributed by atoms with E-state index in [4.69, 9.17) is 16.3 Å². The fourth-order valence-electron chi connectivity index (χ4n) is 4.39. The van der Waals surface area contributed by atoms with Crippen molar-refractivity contribution in [3.8, 4) is 11.5 Å². The second-order valence-corrected chi connectivity index (χ2v) is 11.1. The third-order valence-electron chi connectivity index (χ3n) is 6.57. The van der Waals surface area contributed by atoms with Gasteiger partial charge in [0.25, 0.3) is 0 Å². The van der Waals surface area contributed by atoms with E-state index in [1.54, 1.807) is 39.0 Å². The first-order chi connectivity index (χ1) is 18.0. The van der Waals surface area contributed by atoms with Gasteiger partial charge in [-0.1, -0.05) is 50.6 Å². The minimum absolute atomic E-state index is 0. The number of carbonyl (C=O) groups is 2. The summed E-state index contributed by atoms with van der Waals surface area (Å²) in [4.78, 5) is 24.1. The molecule has 4 rings (SSSR count). The monoisotopic (exact) mass is 572 g/mol. The van der Waals surface area contributed by atoms with Crippen LogP contribution in [-0.4, -0.2) is 34.7 Å². The number of carboxylic acids is 1. The molecule has 3 aromatic carbocycles. The van der Waals surface area contributed by atoms with Crippen LogP contribution >= 0.6 is 24.0 Å². The predicted molar refractivity (Wildman–Crippen MR) is 155 cm³/mol. The van der Waals surface area contributed by atoms with Gasteiger partial charge in [-0.15, -0.1) is 12.4 Å². The number of carbonyl (C=O) groups excluding carboxylic acids is 1.